The fourth-order valence-electron chi connectivity index (χ4n) is 2.79. The van der Waals surface area contributed by atoms with Crippen molar-refractivity contribution in [1.82, 2.24) is 0 Å². The zero-order valence-corrected chi connectivity index (χ0v) is 12.2. The molecule has 2 rings (SSSR count). The van der Waals surface area contributed by atoms with Gasteiger partial charge in [0.05, 0.1) is 25.6 Å². The summed E-state index contributed by atoms with van der Waals surface area (Å²) >= 11 is 0. The van der Waals surface area contributed by atoms with Gasteiger partial charge in [0.25, 0.3) is 0 Å². The Morgan fingerprint density at radius 2 is 1.74 bits per heavy atom. The van der Waals surface area contributed by atoms with Crippen molar-refractivity contribution in [3.8, 4) is 11.5 Å². The van der Waals surface area contributed by atoms with Crippen LogP contribution in [0.3, 0.4) is 0 Å². The van der Waals surface area contributed by atoms with E-state index < -0.39 is 0 Å². The third-order valence-electron chi connectivity index (χ3n) is 4.36. The molecule has 3 N–H and O–H groups in total. The summed E-state index contributed by atoms with van der Waals surface area (Å²) < 4.78 is 10.6. The molecule has 1 aliphatic carbocycles. The van der Waals surface area contributed by atoms with Gasteiger partial charge in [-0.05, 0) is 24.7 Å². The van der Waals surface area contributed by atoms with Gasteiger partial charge in [0.1, 0.15) is 0 Å². The molecule has 19 heavy (non-hydrogen) atoms. The second-order valence-electron chi connectivity index (χ2n) is 5.46. The van der Waals surface area contributed by atoms with Gasteiger partial charge in [0.15, 0.2) is 11.5 Å². The van der Waals surface area contributed by atoms with E-state index in [9.17, 15) is 0 Å². The summed E-state index contributed by atoms with van der Waals surface area (Å²) in [7, 11) is 3.25. The Bertz CT molecular complexity index is 448. The smallest absolute Gasteiger partial charge is 0.162 e. The third kappa shape index (κ3) is 2.72. The van der Waals surface area contributed by atoms with Gasteiger partial charge in [-0.15, -0.1) is 0 Å². The highest BCUT2D eigenvalue weighted by Crippen LogP contribution is 2.38. The van der Waals surface area contributed by atoms with Crippen LogP contribution in [-0.2, 0) is 0 Å². The summed E-state index contributed by atoms with van der Waals surface area (Å²) in [5.41, 5.74) is 7.71. The number of nitrogens with two attached hydrogens (primary N) is 1. The Labute approximate surface area is 115 Å². The number of nitrogen functional groups attached to an aromatic ring is 1. The van der Waals surface area contributed by atoms with E-state index in [1.54, 1.807) is 14.2 Å². The van der Waals surface area contributed by atoms with Crippen LogP contribution in [0.4, 0.5) is 11.4 Å². The van der Waals surface area contributed by atoms with Gasteiger partial charge >= 0.3 is 0 Å². The number of nitrogens with one attached hydrogen (secondary N) is 1. The minimum absolute atomic E-state index is 0.482. The molecule has 3 atom stereocenters. The number of benzene rings is 1. The largest absolute Gasteiger partial charge is 0.493 e. The van der Waals surface area contributed by atoms with E-state index in [1.807, 2.05) is 12.1 Å². The first-order chi connectivity index (χ1) is 9.06. The average molecular weight is 264 g/mol. The summed E-state index contributed by atoms with van der Waals surface area (Å²) in [5, 5.41) is 3.55. The Hall–Kier alpha value is -1.58. The normalized spacial score (nSPS) is 26.2. The minimum Gasteiger partial charge on any atom is -0.493 e. The maximum absolute atomic E-state index is 6.08. The molecule has 4 nitrogen and oxygen atoms in total. The van der Waals surface area contributed by atoms with Crippen LogP contribution < -0.4 is 20.5 Å². The lowest BCUT2D eigenvalue weighted by atomic mass is 9.97. The molecule has 0 aromatic heterocycles. The van der Waals surface area contributed by atoms with E-state index >= 15 is 0 Å². The highest BCUT2D eigenvalue weighted by atomic mass is 16.5. The zero-order valence-electron chi connectivity index (χ0n) is 12.2. The predicted molar refractivity (Wildman–Crippen MR) is 78.9 cm³/mol. The first-order valence-electron chi connectivity index (χ1n) is 6.84. The Morgan fingerprint density at radius 1 is 1.11 bits per heavy atom. The first kappa shape index (κ1) is 13.8. The van der Waals surface area contributed by atoms with E-state index in [4.69, 9.17) is 15.2 Å². The van der Waals surface area contributed by atoms with Gasteiger partial charge in [-0.2, -0.15) is 0 Å². The molecule has 1 saturated carbocycles. The summed E-state index contributed by atoms with van der Waals surface area (Å²) in [5.74, 6) is 2.79. The van der Waals surface area contributed by atoms with Gasteiger partial charge in [-0.25, -0.2) is 0 Å². The molecule has 0 saturated heterocycles. The molecule has 0 radical (unpaired) electrons. The lowest BCUT2D eigenvalue weighted by molar-refractivity contribution is 0.355. The maximum atomic E-state index is 6.08. The Kier molecular flexibility index (Phi) is 4.08. The van der Waals surface area contributed by atoms with E-state index in [1.165, 1.54) is 12.8 Å². The van der Waals surface area contributed by atoms with Gasteiger partial charge in [-0.3, -0.25) is 0 Å². The predicted octanol–water partition coefficient (Wildman–Crippen LogP) is 3.13. The second-order valence-corrected chi connectivity index (χ2v) is 5.46. The van der Waals surface area contributed by atoms with Crippen LogP contribution in [0.2, 0.25) is 0 Å². The van der Waals surface area contributed by atoms with Crippen molar-refractivity contribution in [3.05, 3.63) is 12.1 Å². The molecule has 0 spiro atoms. The van der Waals surface area contributed by atoms with Crippen LogP contribution in [-0.4, -0.2) is 20.3 Å². The maximum Gasteiger partial charge on any atom is 0.162 e. The average Bonchev–Trinajstić information content (AvgIpc) is 2.72. The van der Waals surface area contributed by atoms with Crippen molar-refractivity contribution in [2.45, 2.75) is 32.7 Å². The van der Waals surface area contributed by atoms with Crippen LogP contribution >= 0.6 is 0 Å². The fourth-order valence-corrected chi connectivity index (χ4v) is 2.79. The summed E-state index contributed by atoms with van der Waals surface area (Å²) in [6, 6.07) is 4.21. The molecular formula is C15H24N2O2. The Morgan fingerprint density at radius 3 is 2.26 bits per heavy atom. The molecule has 106 valence electrons. The van der Waals surface area contributed by atoms with Crippen molar-refractivity contribution in [2.24, 2.45) is 11.8 Å². The van der Waals surface area contributed by atoms with Crippen molar-refractivity contribution in [2.75, 3.05) is 25.3 Å². The molecule has 0 bridgehead atoms. The standard InChI is InChI=1S/C15H24N2O2/c1-9-5-6-12(10(9)2)17-13-8-15(19-4)14(18-3)7-11(13)16/h7-10,12,17H,5-6,16H2,1-4H3. The van der Waals surface area contributed by atoms with Crippen molar-refractivity contribution in [3.63, 3.8) is 0 Å². The summed E-state index contributed by atoms with van der Waals surface area (Å²) in [4.78, 5) is 0. The number of hydrogen-bond donors (Lipinski definition) is 2. The van der Waals surface area contributed by atoms with Crippen LogP contribution in [0, 0.1) is 11.8 Å². The molecule has 1 fully saturated rings. The highest BCUT2D eigenvalue weighted by molar-refractivity contribution is 5.72. The lowest BCUT2D eigenvalue weighted by Gasteiger charge is -2.22. The number of anilines is 2. The molecule has 1 aromatic carbocycles. The van der Waals surface area contributed by atoms with Gasteiger partial charge in [0, 0.05) is 18.2 Å². The highest BCUT2D eigenvalue weighted by Gasteiger charge is 2.30. The zero-order chi connectivity index (χ0) is 14.0. The molecule has 3 unspecified atom stereocenters. The number of hydrogen-bond acceptors (Lipinski definition) is 4. The molecule has 0 aliphatic heterocycles. The van der Waals surface area contributed by atoms with Crippen LogP contribution in [0.25, 0.3) is 0 Å². The first-order valence-corrected chi connectivity index (χ1v) is 6.84. The van der Waals surface area contributed by atoms with Crippen molar-refractivity contribution in [1.29, 1.82) is 0 Å². The van der Waals surface area contributed by atoms with Gasteiger partial charge in [-0.1, -0.05) is 13.8 Å². The van der Waals surface area contributed by atoms with Crippen LogP contribution in [0.15, 0.2) is 12.1 Å². The molecule has 0 amide bonds. The molecule has 0 heterocycles. The fraction of sp³-hybridized carbons (Fsp3) is 0.600. The van der Waals surface area contributed by atoms with E-state index in [0.717, 1.165) is 11.6 Å². The Balaban J connectivity index is 2.21. The molecule has 4 heteroatoms. The number of ether oxygens (including phenoxy) is 2. The van der Waals surface area contributed by atoms with E-state index in [0.29, 0.717) is 29.1 Å². The van der Waals surface area contributed by atoms with Gasteiger partial charge < -0.3 is 20.5 Å². The molecule has 1 aromatic rings. The van der Waals surface area contributed by atoms with Crippen LogP contribution in [0.1, 0.15) is 26.7 Å². The van der Waals surface area contributed by atoms with E-state index in [2.05, 4.69) is 19.2 Å². The quantitative estimate of drug-likeness (QED) is 0.820. The number of methoxy groups -OCH3 is 2. The second kappa shape index (κ2) is 5.59. The van der Waals surface area contributed by atoms with E-state index in [-0.39, 0.29) is 0 Å². The van der Waals surface area contributed by atoms with Gasteiger partial charge in [0.2, 0.25) is 0 Å². The summed E-state index contributed by atoms with van der Waals surface area (Å²) in [6.45, 7) is 4.61. The topological polar surface area (TPSA) is 56.5 Å². The minimum atomic E-state index is 0.482. The number of rotatable bonds is 4. The van der Waals surface area contributed by atoms with Crippen molar-refractivity contribution >= 4 is 11.4 Å². The van der Waals surface area contributed by atoms with Crippen molar-refractivity contribution < 1.29 is 9.47 Å². The third-order valence-corrected chi connectivity index (χ3v) is 4.36. The monoisotopic (exact) mass is 264 g/mol. The molecule has 1 aliphatic rings. The van der Waals surface area contributed by atoms with Crippen LogP contribution in [0.5, 0.6) is 11.5 Å². The summed E-state index contributed by atoms with van der Waals surface area (Å²) in [6.07, 6.45) is 2.46. The molecular weight excluding hydrogens is 240 g/mol. The lowest BCUT2D eigenvalue weighted by Crippen LogP contribution is -2.24. The SMILES string of the molecule is COc1cc(N)c(NC2CCC(C)C2C)cc1OC.